The van der Waals surface area contributed by atoms with Crippen molar-refractivity contribution in [1.29, 1.82) is 0 Å². The zero-order chi connectivity index (χ0) is 14.5. The lowest BCUT2D eigenvalue weighted by molar-refractivity contribution is 0.103. The summed E-state index contributed by atoms with van der Waals surface area (Å²) >= 11 is 10.5. The Morgan fingerprint density at radius 1 is 0.850 bits per heavy atom. The quantitative estimate of drug-likeness (QED) is 0.620. The van der Waals surface area contributed by atoms with Crippen molar-refractivity contribution in [2.75, 3.05) is 0 Å². The highest BCUT2D eigenvalue weighted by atomic mass is 35.5. The molecule has 0 aliphatic rings. The maximum absolute atomic E-state index is 12.2. The van der Waals surface area contributed by atoms with Crippen LogP contribution in [0.1, 0.15) is 31.8 Å². The molecule has 0 heterocycles. The average Bonchev–Trinajstić information content (AvgIpc) is 2.48. The van der Waals surface area contributed by atoms with Gasteiger partial charge < -0.3 is 0 Å². The van der Waals surface area contributed by atoms with Gasteiger partial charge in [0.05, 0.1) is 18.5 Å². The van der Waals surface area contributed by atoms with Gasteiger partial charge in [0.25, 0.3) is 5.24 Å². The van der Waals surface area contributed by atoms with Crippen molar-refractivity contribution in [2.45, 2.75) is 6.61 Å². The van der Waals surface area contributed by atoms with Crippen molar-refractivity contribution in [2.24, 2.45) is 0 Å². The van der Waals surface area contributed by atoms with Crippen molar-refractivity contribution in [3.63, 3.8) is 0 Å². The molecule has 0 N–H and O–H groups in total. The van der Waals surface area contributed by atoms with Crippen LogP contribution in [0.5, 0.6) is 0 Å². The van der Waals surface area contributed by atoms with E-state index in [9.17, 15) is 9.59 Å². The fraction of sp³-hybridized carbons (Fsp3) is 0.0667. The maximum atomic E-state index is 12.2. The maximum Gasteiger partial charge on any atom is 0.252 e. The number of carbonyl (C=O) groups is 2. The van der Waals surface area contributed by atoms with E-state index in [-0.39, 0.29) is 12.4 Å². The molecule has 2 aromatic carbocycles. The number of ketones is 1. The normalized spacial score (nSPS) is 10.3. The molecule has 0 saturated carbocycles. The molecule has 2 rings (SSSR count). The summed E-state index contributed by atoms with van der Waals surface area (Å²) in [5, 5.41) is -0.547. The molecule has 0 atom stereocenters. The summed E-state index contributed by atoms with van der Waals surface area (Å²) in [6, 6.07) is 13.2. The van der Waals surface area contributed by atoms with Crippen LogP contribution in [0.15, 0.2) is 48.5 Å². The van der Waals surface area contributed by atoms with Crippen LogP contribution in [0.3, 0.4) is 0 Å². The van der Waals surface area contributed by atoms with Gasteiger partial charge in [0.15, 0.2) is 5.78 Å². The summed E-state index contributed by atoms with van der Waals surface area (Å²) in [5.74, 6) is -0.128. The minimum atomic E-state index is -0.547. The van der Waals surface area contributed by atoms with E-state index >= 15 is 0 Å². The zero-order valence-corrected chi connectivity index (χ0v) is 11.8. The van der Waals surface area contributed by atoms with Crippen LogP contribution in [0, 0.1) is 0 Å². The SMILES string of the molecule is O=C(Cl)c1ccc(C(=O)c2ccc(COCl)cc2)cc1. The van der Waals surface area contributed by atoms with Gasteiger partial charge in [-0.25, -0.2) is 0 Å². The number of carbonyl (C=O) groups excluding carboxylic acids is 2. The molecular formula is C15H10Cl2O3. The molecule has 0 saturated heterocycles. The Hall–Kier alpha value is -1.68. The number of benzene rings is 2. The molecule has 0 fully saturated rings. The molecule has 0 bridgehead atoms. The standard InChI is InChI=1S/C15H10Cl2O3/c16-15(19)13-7-5-12(6-8-13)14(18)11-3-1-10(2-4-11)9-20-17/h1-8H,9H2. The van der Waals surface area contributed by atoms with Gasteiger partial charge in [0.1, 0.15) is 0 Å². The van der Waals surface area contributed by atoms with Gasteiger partial charge in [0, 0.05) is 16.7 Å². The first kappa shape index (κ1) is 14.7. The predicted octanol–water partition coefficient (Wildman–Crippen LogP) is 3.97. The lowest BCUT2D eigenvalue weighted by Gasteiger charge is -2.03. The van der Waals surface area contributed by atoms with E-state index in [0.717, 1.165) is 5.56 Å². The van der Waals surface area contributed by atoms with Crippen molar-refractivity contribution in [3.05, 3.63) is 70.8 Å². The molecule has 0 amide bonds. The predicted molar refractivity (Wildman–Crippen MR) is 77.1 cm³/mol. The molecule has 20 heavy (non-hydrogen) atoms. The monoisotopic (exact) mass is 308 g/mol. The zero-order valence-electron chi connectivity index (χ0n) is 10.3. The minimum Gasteiger partial charge on any atom is -0.289 e. The van der Waals surface area contributed by atoms with E-state index in [4.69, 9.17) is 23.5 Å². The van der Waals surface area contributed by atoms with Crippen LogP contribution in [-0.2, 0) is 10.9 Å². The minimum absolute atomic E-state index is 0.128. The molecule has 102 valence electrons. The second-order valence-corrected chi connectivity index (χ2v) is 4.69. The largest absolute Gasteiger partial charge is 0.289 e. The molecule has 0 spiro atoms. The van der Waals surface area contributed by atoms with E-state index in [2.05, 4.69) is 4.29 Å². The summed E-state index contributed by atoms with van der Waals surface area (Å²) in [5.41, 5.74) is 2.28. The molecule has 2 aromatic rings. The molecular weight excluding hydrogens is 299 g/mol. The van der Waals surface area contributed by atoms with Crippen LogP contribution in [0.2, 0.25) is 0 Å². The average molecular weight is 309 g/mol. The van der Waals surface area contributed by atoms with Gasteiger partial charge in [-0.05, 0) is 29.3 Å². The smallest absolute Gasteiger partial charge is 0.252 e. The Kier molecular flexibility index (Phi) is 4.90. The lowest BCUT2D eigenvalue weighted by Crippen LogP contribution is -2.02. The van der Waals surface area contributed by atoms with E-state index in [1.165, 1.54) is 12.1 Å². The molecule has 0 radical (unpaired) electrons. The van der Waals surface area contributed by atoms with Crippen LogP contribution in [0.4, 0.5) is 0 Å². The Labute approximate surface area is 126 Å². The third kappa shape index (κ3) is 3.45. The van der Waals surface area contributed by atoms with Gasteiger partial charge in [0.2, 0.25) is 0 Å². The Bertz CT molecular complexity index is 619. The molecule has 5 heteroatoms. The number of halogens is 2. The molecule has 3 nitrogen and oxygen atoms in total. The fourth-order valence-electron chi connectivity index (χ4n) is 1.73. The van der Waals surface area contributed by atoms with Gasteiger partial charge >= 0.3 is 0 Å². The molecule has 0 aliphatic carbocycles. The summed E-state index contributed by atoms with van der Waals surface area (Å²) in [6.45, 7) is 0.280. The highest BCUT2D eigenvalue weighted by Crippen LogP contribution is 2.14. The molecule has 0 aromatic heterocycles. The third-order valence-corrected chi connectivity index (χ3v) is 3.14. The lowest BCUT2D eigenvalue weighted by atomic mass is 10.0. The van der Waals surface area contributed by atoms with E-state index < -0.39 is 5.24 Å². The van der Waals surface area contributed by atoms with Crippen LogP contribution < -0.4 is 0 Å². The Morgan fingerprint density at radius 3 is 1.75 bits per heavy atom. The van der Waals surface area contributed by atoms with Gasteiger partial charge in [-0.3, -0.25) is 13.9 Å². The summed E-state index contributed by atoms with van der Waals surface area (Å²) in [6.07, 6.45) is 0. The topological polar surface area (TPSA) is 43.4 Å². The summed E-state index contributed by atoms with van der Waals surface area (Å²) in [4.78, 5) is 23.2. The van der Waals surface area contributed by atoms with Gasteiger partial charge in [-0.15, -0.1) is 0 Å². The molecule has 0 aliphatic heterocycles. The van der Waals surface area contributed by atoms with Crippen molar-refractivity contribution >= 4 is 34.5 Å². The second-order valence-electron chi connectivity index (χ2n) is 4.13. The van der Waals surface area contributed by atoms with E-state index in [1.807, 2.05) is 0 Å². The first-order chi connectivity index (χ1) is 9.61. The van der Waals surface area contributed by atoms with Crippen molar-refractivity contribution in [1.82, 2.24) is 0 Å². The molecule has 0 unspecified atom stereocenters. The van der Waals surface area contributed by atoms with Crippen LogP contribution in [-0.4, -0.2) is 11.0 Å². The van der Waals surface area contributed by atoms with E-state index in [0.29, 0.717) is 16.7 Å². The summed E-state index contributed by atoms with van der Waals surface area (Å²) in [7, 11) is 0. The summed E-state index contributed by atoms with van der Waals surface area (Å²) < 4.78 is 4.49. The first-order valence-corrected chi connectivity index (χ1v) is 6.47. The van der Waals surface area contributed by atoms with Crippen molar-refractivity contribution in [3.8, 4) is 0 Å². The number of hydrogen-bond donors (Lipinski definition) is 0. The fourth-order valence-corrected chi connectivity index (χ4v) is 1.99. The highest BCUT2D eigenvalue weighted by molar-refractivity contribution is 6.67. The van der Waals surface area contributed by atoms with Crippen LogP contribution in [0.25, 0.3) is 0 Å². The highest BCUT2D eigenvalue weighted by Gasteiger charge is 2.10. The van der Waals surface area contributed by atoms with Crippen molar-refractivity contribution < 1.29 is 13.9 Å². The van der Waals surface area contributed by atoms with Crippen LogP contribution >= 0.6 is 23.5 Å². The Morgan fingerprint density at radius 2 is 1.30 bits per heavy atom. The number of rotatable bonds is 5. The first-order valence-electron chi connectivity index (χ1n) is 5.79. The number of hydrogen-bond acceptors (Lipinski definition) is 3. The van der Waals surface area contributed by atoms with E-state index in [1.54, 1.807) is 36.4 Å². The Balaban J connectivity index is 2.20. The third-order valence-electron chi connectivity index (χ3n) is 2.81. The second kappa shape index (κ2) is 6.66. The van der Waals surface area contributed by atoms with Gasteiger partial charge in [-0.2, -0.15) is 0 Å². The van der Waals surface area contributed by atoms with Gasteiger partial charge in [-0.1, -0.05) is 36.4 Å².